The van der Waals surface area contributed by atoms with Crippen molar-refractivity contribution in [3.8, 4) is 0 Å². The molecule has 3 fully saturated rings. The van der Waals surface area contributed by atoms with Crippen LogP contribution in [0.5, 0.6) is 0 Å². The fourth-order valence-corrected chi connectivity index (χ4v) is 6.12. The van der Waals surface area contributed by atoms with Crippen LogP contribution < -0.4 is 0 Å². The van der Waals surface area contributed by atoms with Crippen molar-refractivity contribution in [1.82, 2.24) is 0 Å². The minimum Gasteiger partial charge on any atom is -0.464 e. The third-order valence-electron chi connectivity index (χ3n) is 6.63. The van der Waals surface area contributed by atoms with E-state index in [0.29, 0.717) is 6.61 Å². The lowest BCUT2D eigenvalue weighted by Gasteiger charge is -2.43. The average Bonchev–Trinajstić information content (AvgIpc) is 3.33. The molecule has 3 heterocycles. The number of hydrogen-bond donors (Lipinski definition) is 0. The van der Waals surface area contributed by atoms with Crippen molar-refractivity contribution in [2.24, 2.45) is 0 Å². The van der Waals surface area contributed by atoms with Crippen LogP contribution in [0.4, 0.5) is 0 Å². The highest BCUT2D eigenvalue weighted by atomic mass is 32.2. The number of rotatable bonds is 7. The highest BCUT2D eigenvalue weighted by Gasteiger charge is 2.59. The van der Waals surface area contributed by atoms with Crippen LogP contribution in [0.15, 0.2) is 0 Å². The molecule has 0 aromatic carbocycles. The number of carbonyl (C=O) groups excluding carboxylic acids is 1. The standard InChI is InChI=1S/C22H40O10SSi/c1-11-25-19(23)18-17(30-33(24)31-18)16-15(28-22(7,8)29-16)14(13-12-26-21(5,6)27-13)32-34(9,10)20(2,3)4/h13-18H,11-12H2,1-10H3/t13-,14-,15+,16+,17?,18?,33?/m1/s1. The molecule has 3 unspecified atom stereocenters. The molecule has 3 aliphatic rings. The van der Waals surface area contributed by atoms with Gasteiger partial charge >= 0.3 is 17.3 Å². The molecule has 3 aliphatic heterocycles. The van der Waals surface area contributed by atoms with E-state index >= 15 is 0 Å². The zero-order chi connectivity index (χ0) is 25.7. The molecule has 0 saturated carbocycles. The fraction of sp³-hybridized carbons (Fsp3) is 0.955. The van der Waals surface area contributed by atoms with Gasteiger partial charge in [0.1, 0.15) is 30.5 Å². The summed E-state index contributed by atoms with van der Waals surface area (Å²) in [6.07, 6.45) is -4.85. The van der Waals surface area contributed by atoms with E-state index in [1.165, 1.54) is 0 Å². The van der Waals surface area contributed by atoms with Gasteiger partial charge in [-0.3, -0.25) is 8.37 Å². The Morgan fingerprint density at radius 2 is 1.71 bits per heavy atom. The molecule has 0 amide bonds. The molecule has 7 atom stereocenters. The van der Waals surface area contributed by atoms with Crippen LogP contribution in [0.3, 0.4) is 0 Å². The zero-order valence-corrected chi connectivity index (χ0v) is 23.7. The smallest absolute Gasteiger partial charge is 0.339 e. The van der Waals surface area contributed by atoms with Gasteiger partial charge in [0.25, 0.3) is 0 Å². The fourth-order valence-electron chi connectivity index (χ4n) is 4.00. The highest BCUT2D eigenvalue weighted by molar-refractivity contribution is 7.75. The Bertz CT molecular complexity index is 780. The van der Waals surface area contributed by atoms with Gasteiger partial charge in [-0.05, 0) is 52.8 Å². The molecule has 12 heteroatoms. The minimum absolute atomic E-state index is 0.0906. The predicted molar refractivity (Wildman–Crippen MR) is 125 cm³/mol. The lowest BCUT2D eigenvalue weighted by atomic mass is 9.96. The molecule has 0 aromatic heterocycles. The predicted octanol–water partition coefficient (Wildman–Crippen LogP) is 2.97. The molecular formula is C22H40O10SSi. The SMILES string of the molecule is CCOC(=O)C1OS(=O)OC1[C@H]1OC(C)(C)O[C@H]1[C@H](O[Si](C)(C)C(C)(C)C)[C@H]1COC(C)(C)O1. The number of esters is 1. The van der Waals surface area contributed by atoms with Crippen molar-refractivity contribution in [2.75, 3.05) is 13.2 Å². The number of hydrogen-bond acceptors (Lipinski definition) is 10. The molecular weight excluding hydrogens is 484 g/mol. The molecule has 0 aliphatic carbocycles. The highest BCUT2D eigenvalue weighted by Crippen LogP contribution is 2.44. The largest absolute Gasteiger partial charge is 0.464 e. The Labute approximate surface area is 206 Å². The summed E-state index contributed by atoms with van der Waals surface area (Å²) in [5.74, 6) is -2.48. The van der Waals surface area contributed by atoms with E-state index in [1.54, 1.807) is 20.8 Å². The third-order valence-corrected chi connectivity index (χ3v) is 11.9. The minimum atomic E-state index is -2.32. The van der Waals surface area contributed by atoms with E-state index in [4.69, 9.17) is 36.5 Å². The maximum atomic E-state index is 12.6. The van der Waals surface area contributed by atoms with Crippen LogP contribution >= 0.6 is 0 Å². The van der Waals surface area contributed by atoms with Gasteiger partial charge in [-0.15, -0.1) is 0 Å². The zero-order valence-electron chi connectivity index (χ0n) is 21.9. The first kappa shape index (κ1) is 28.1. The van der Waals surface area contributed by atoms with Crippen LogP contribution in [0.25, 0.3) is 0 Å². The Kier molecular flexibility index (Phi) is 8.10. The van der Waals surface area contributed by atoms with Gasteiger partial charge in [-0.1, -0.05) is 20.8 Å². The van der Waals surface area contributed by atoms with E-state index in [9.17, 15) is 9.00 Å². The van der Waals surface area contributed by atoms with Gasteiger partial charge in [-0.2, -0.15) is 4.21 Å². The van der Waals surface area contributed by atoms with Crippen LogP contribution in [-0.4, -0.2) is 79.9 Å². The summed E-state index contributed by atoms with van der Waals surface area (Å²) < 4.78 is 59.6. The summed E-state index contributed by atoms with van der Waals surface area (Å²) in [5.41, 5.74) is 0. The second kappa shape index (κ2) is 9.79. The first-order valence-electron chi connectivity index (χ1n) is 11.7. The van der Waals surface area contributed by atoms with Crippen molar-refractivity contribution in [3.05, 3.63) is 0 Å². The van der Waals surface area contributed by atoms with E-state index in [1.807, 2.05) is 13.8 Å². The van der Waals surface area contributed by atoms with Crippen molar-refractivity contribution in [3.63, 3.8) is 0 Å². The summed E-state index contributed by atoms with van der Waals surface area (Å²) in [7, 11) is -2.32. The van der Waals surface area contributed by atoms with Gasteiger partial charge in [0.15, 0.2) is 19.9 Å². The molecule has 3 saturated heterocycles. The molecule has 0 radical (unpaired) electrons. The Hall–Kier alpha value is -0.443. The third kappa shape index (κ3) is 6.09. The van der Waals surface area contributed by atoms with Crippen molar-refractivity contribution in [2.45, 2.75) is 122 Å². The second-order valence-corrected chi connectivity index (χ2v) is 16.9. The summed E-state index contributed by atoms with van der Waals surface area (Å²) in [5, 5.41) is -0.0906. The maximum Gasteiger partial charge on any atom is 0.339 e. The van der Waals surface area contributed by atoms with Crippen LogP contribution in [0.2, 0.25) is 18.1 Å². The summed E-state index contributed by atoms with van der Waals surface area (Å²) in [6.45, 7) is 20.1. The molecule has 0 bridgehead atoms. The lowest BCUT2D eigenvalue weighted by molar-refractivity contribution is -0.177. The van der Waals surface area contributed by atoms with Gasteiger partial charge < -0.3 is 28.1 Å². The molecule has 10 nitrogen and oxygen atoms in total. The van der Waals surface area contributed by atoms with Crippen molar-refractivity contribution >= 4 is 25.6 Å². The van der Waals surface area contributed by atoms with E-state index in [2.05, 4.69) is 33.9 Å². The van der Waals surface area contributed by atoms with E-state index < -0.39 is 73.8 Å². The maximum absolute atomic E-state index is 12.6. The first-order valence-corrected chi connectivity index (χ1v) is 15.6. The summed E-state index contributed by atoms with van der Waals surface area (Å²) >= 11 is -2.13. The summed E-state index contributed by atoms with van der Waals surface area (Å²) in [6, 6.07) is 0. The van der Waals surface area contributed by atoms with Crippen molar-refractivity contribution in [1.29, 1.82) is 0 Å². The van der Waals surface area contributed by atoms with Gasteiger partial charge in [0.2, 0.25) is 6.10 Å². The normalized spacial score (nSPS) is 36.5. The average molecular weight is 525 g/mol. The molecule has 34 heavy (non-hydrogen) atoms. The van der Waals surface area contributed by atoms with E-state index in [0.717, 1.165) is 0 Å². The lowest BCUT2D eigenvalue weighted by Crippen LogP contribution is -2.57. The number of ether oxygens (including phenoxy) is 5. The molecule has 0 aromatic rings. The Morgan fingerprint density at radius 1 is 1.06 bits per heavy atom. The molecule has 0 N–H and O–H groups in total. The van der Waals surface area contributed by atoms with Crippen LogP contribution in [-0.2, 0) is 52.6 Å². The van der Waals surface area contributed by atoms with Crippen molar-refractivity contribution < 1.29 is 45.5 Å². The van der Waals surface area contributed by atoms with E-state index in [-0.39, 0.29) is 11.6 Å². The first-order chi connectivity index (χ1) is 15.5. The van der Waals surface area contributed by atoms with Gasteiger partial charge in [0.05, 0.1) is 13.2 Å². The quantitative estimate of drug-likeness (QED) is 0.364. The topological polar surface area (TPSA) is 108 Å². The number of carbonyl (C=O) groups is 1. The second-order valence-electron chi connectivity index (χ2n) is 11.3. The van der Waals surface area contributed by atoms with Crippen LogP contribution in [0, 0.1) is 0 Å². The Morgan fingerprint density at radius 3 is 2.24 bits per heavy atom. The van der Waals surface area contributed by atoms with Crippen LogP contribution in [0.1, 0.15) is 55.4 Å². The Balaban J connectivity index is 1.98. The molecule has 3 rings (SSSR count). The molecule has 198 valence electrons. The van der Waals surface area contributed by atoms with Gasteiger partial charge in [-0.25, -0.2) is 4.79 Å². The monoisotopic (exact) mass is 524 g/mol. The molecule has 0 spiro atoms. The van der Waals surface area contributed by atoms with Gasteiger partial charge in [0, 0.05) is 0 Å². The summed E-state index contributed by atoms with van der Waals surface area (Å²) in [4.78, 5) is 12.6.